The van der Waals surface area contributed by atoms with Crippen molar-refractivity contribution in [1.82, 2.24) is 0 Å². The standard InChI is InChI=1S/C14H22FN/c1-11-9-13(10-12(2)14(11)15)7-5-3-4-6-8-16/h9-10H,3-8,16H2,1-2H3. The molecule has 0 aliphatic carbocycles. The number of hydrogen-bond donors (Lipinski definition) is 1. The second-order valence-electron chi connectivity index (χ2n) is 4.50. The van der Waals surface area contributed by atoms with Crippen LogP contribution in [0.1, 0.15) is 42.4 Å². The molecule has 2 N–H and O–H groups in total. The minimum atomic E-state index is -0.0631. The molecule has 90 valence electrons. The SMILES string of the molecule is Cc1cc(CCCCCCN)cc(C)c1F. The van der Waals surface area contributed by atoms with Crippen LogP contribution in [-0.2, 0) is 6.42 Å². The first-order valence-electron chi connectivity index (χ1n) is 6.11. The molecule has 0 unspecified atom stereocenters. The molecule has 1 rings (SSSR count). The van der Waals surface area contributed by atoms with Crippen molar-refractivity contribution in [3.8, 4) is 0 Å². The summed E-state index contributed by atoms with van der Waals surface area (Å²) < 4.78 is 13.4. The zero-order valence-electron chi connectivity index (χ0n) is 10.4. The van der Waals surface area contributed by atoms with Crippen LogP contribution in [0.15, 0.2) is 12.1 Å². The van der Waals surface area contributed by atoms with Gasteiger partial charge in [-0.05, 0) is 56.3 Å². The van der Waals surface area contributed by atoms with Crippen molar-refractivity contribution in [2.45, 2.75) is 46.0 Å². The Labute approximate surface area is 97.9 Å². The Balaban J connectivity index is 2.43. The summed E-state index contributed by atoms with van der Waals surface area (Å²) in [7, 11) is 0. The number of benzene rings is 1. The molecule has 1 aromatic carbocycles. The highest BCUT2D eigenvalue weighted by Gasteiger charge is 2.03. The summed E-state index contributed by atoms with van der Waals surface area (Å²) in [6.07, 6.45) is 5.75. The van der Waals surface area contributed by atoms with Crippen LogP contribution in [0.25, 0.3) is 0 Å². The minimum Gasteiger partial charge on any atom is -0.330 e. The van der Waals surface area contributed by atoms with Gasteiger partial charge >= 0.3 is 0 Å². The van der Waals surface area contributed by atoms with Crippen LogP contribution in [0.4, 0.5) is 4.39 Å². The molecule has 0 atom stereocenters. The Morgan fingerprint density at radius 2 is 1.56 bits per heavy atom. The largest absolute Gasteiger partial charge is 0.330 e. The molecule has 0 saturated carbocycles. The fraction of sp³-hybridized carbons (Fsp3) is 0.571. The van der Waals surface area contributed by atoms with E-state index in [2.05, 4.69) is 0 Å². The third-order valence-electron chi connectivity index (χ3n) is 2.92. The number of aryl methyl sites for hydroxylation is 3. The molecular formula is C14H22FN. The third kappa shape index (κ3) is 3.93. The number of unbranched alkanes of at least 4 members (excludes halogenated alkanes) is 3. The smallest absolute Gasteiger partial charge is 0.129 e. The molecule has 16 heavy (non-hydrogen) atoms. The average molecular weight is 223 g/mol. The van der Waals surface area contributed by atoms with Crippen LogP contribution >= 0.6 is 0 Å². The molecule has 2 heteroatoms. The van der Waals surface area contributed by atoms with Crippen molar-refractivity contribution in [2.24, 2.45) is 5.73 Å². The van der Waals surface area contributed by atoms with E-state index in [1.54, 1.807) is 0 Å². The molecular weight excluding hydrogens is 201 g/mol. The number of hydrogen-bond acceptors (Lipinski definition) is 1. The van der Waals surface area contributed by atoms with Gasteiger partial charge in [-0.3, -0.25) is 0 Å². The highest BCUT2D eigenvalue weighted by molar-refractivity contribution is 5.30. The van der Waals surface area contributed by atoms with Gasteiger partial charge in [-0.25, -0.2) is 4.39 Å². The molecule has 0 saturated heterocycles. The van der Waals surface area contributed by atoms with E-state index in [-0.39, 0.29) is 5.82 Å². The first-order chi connectivity index (χ1) is 7.65. The highest BCUT2D eigenvalue weighted by Crippen LogP contribution is 2.16. The molecule has 0 heterocycles. The van der Waals surface area contributed by atoms with Crippen LogP contribution in [0.5, 0.6) is 0 Å². The maximum atomic E-state index is 13.4. The Kier molecular flexibility index (Phi) is 5.47. The van der Waals surface area contributed by atoms with Crippen molar-refractivity contribution in [2.75, 3.05) is 6.54 Å². The van der Waals surface area contributed by atoms with E-state index in [4.69, 9.17) is 5.73 Å². The number of nitrogens with two attached hydrogens (primary N) is 1. The van der Waals surface area contributed by atoms with Crippen LogP contribution < -0.4 is 5.73 Å². The van der Waals surface area contributed by atoms with Gasteiger partial charge in [0.2, 0.25) is 0 Å². The van der Waals surface area contributed by atoms with Gasteiger partial charge < -0.3 is 5.73 Å². The van der Waals surface area contributed by atoms with Gasteiger partial charge in [-0.15, -0.1) is 0 Å². The first kappa shape index (κ1) is 13.2. The van der Waals surface area contributed by atoms with E-state index in [0.717, 1.165) is 30.5 Å². The Bertz CT molecular complexity index is 311. The Morgan fingerprint density at radius 3 is 2.12 bits per heavy atom. The Hall–Kier alpha value is -0.890. The van der Waals surface area contributed by atoms with E-state index in [1.807, 2.05) is 26.0 Å². The monoisotopic (exact) mass is 223 g/mol. The normalized spacial score (nSPS) is 10.8. The van der Waals surface area contributed by atoms with E-state index in [1.165, 1.54) is 24.8 Å². The molecule has 0 bridgehead atoms. The fourth-order valence-electron chi connectivity index (χ4n) is 2.01. The average Bonchev–Trinajstić information content (AvgIpc) is 2.25. The molecule has 1 aromatic rings. The van der Waals surface area contributed by atoms with Crippen LogP contribution in [0.3, 0.4) is 0 Å². The maximum Gasteiger partial charge on any atom is 0.129 e. The summed E-state index contributed by atoms with van der Waals surface area (Å²) in [5.74, 6) is -0.0631. The number of halogens is 1. The van der Waals surface area contributed by atoms with Gasteiger partial charge in [-0.2, -0.15) is 0 Å². The molecule has 1 nitrogen and oxygen atoms in total. The summed E-state index contributed by atoms with van der Waals surface area (Å²) in [5.41, 5.74) is 8.21. The molecule has 0 amide bonds. The molecule has 0 aliphatic heterocycles. The van der Waals surface area contributed by atoms with Gasteiger partial charge in [0.25, 0.3) is 0 Å². The van der Waals surface area contributed by atoms with E-state index >= 15 is 0 Å². The second kappa shape index (κ2) is 6.64. The second-order valence-corrected chi connectivity index (χ2v) is 4.50. The van der Waals surface area contributed by atoms with Crippen LogP contribution in [0, 0.1) is 19.7 Å². The topological polar surface area (TPSA) is 26.0 Å². The van der Waals surface area contributed by atoms with Crippen molar-refractivity contribution in [3.63, 3.8) is 0 Å². The molecule has 0 spiro atoms. The quantitative estimate of drug-likeness (QED) is 0.734. The van der Waals surface area contributed by atoms with Gasteiger partial charge in [0, 0.05) is 0 Å². The van der Waals surface area contributed by atoms with Gasteiger partial charge in [-0.1, -0.05) is 25.0 Å². The van der Waals surface area contributed by atoms with Crippen molar-refractivity contribution in [3.05, 3.63) is 34.6 Å². The summed E-state index contributed by atoms with van der Waals surface area (Å²) in [5, 5.41) is 0. The number of rotatable bonds is 6. The first-order valence-corrected chi connectivity index (χ1v) is 6.11. The minimum absolute atomic E-state index is 0.0631. The molecule has 0 aliphatic rings. The lowest BCUT2D eigenvalue weighted by Crippen LogP contribution is -1.98. The lowest BCUT2D eigenvalue weighted by Gasteiger charge is -2.06. The zero-order chi connectivity index (χ0) is 12.0. The Morgan fingerprint density at radius 1 is 1.00 bits per heavy atom. The van der Waals surface area contributed by atoms with Gasteiger partial charge in [0.05, 0.1) is 0 Å². The zero-order valence-corrected chi connectivity index (χ0v) is 10.4. The molecule has 0 aromatic heterocycles. The third-order valence-corrected chi connectivity index (χ3v) is 2.92. The van der Waals surface area contributed by atoms with Crippen molar-refractivity contribution < 1.29 is 4.39 Å². The van der Waals surface area contributed by atoms with Gasteiger partial charge in [0.1, 0.15) is 5.82 Å². The maximum absolute atomic E-state index is 13.4. The summed E-state index contributed by atoms with van der Waals surface area (Å²) in [6, 6.07) is 3.93. The predicted octanol–water partition coefficient (Wildman–Crippen LogP) is 3.50. The lowest BCUT2D eigenvalue weighted by atomic mass is 10.0. The lowest BCUT2D eigenvalue weighted by molar-refractivity contribution is 0.606. The van der Waals surface area contributed by atoms with Crippen LogP contribution in [-0.4, -0.2) is 6.54 Å². The summed E-state index contributed by atoms with van der Waals surface area (Å²) in [6.45, 7) is 4.45. The molecule has 0 fully saturated rings. The highest BCUT2D eigenvalue weighted by atomic mass is 19.1. The van der Waals surface area contributed by atoms with E-state index < -0.39 is 0 Å². The van der Waals surface area contributed by atoms with E-state index in [9.17, 15) is 4.39 Å². The van der Waals surface area contributed by atoms with Crippen molar-refractivity contribution in [1.29, 1.82) is 0 Å². The molecule has 0 radical (unpaired) electrons. The van der Waals surface area contributed by atoms with Crippen molar-refractivity contribution >= 4 is 0 Å². The fourth-order valence-corrected chi connectivity index (χ4v) is 2.01. The van der Waals surface area contributed by atoms with Gasteiger partial charge in [0.15, 0.2) is 0 Å². The van der Waals surface area contributed by atoms with Crippen LogP contribution in [0.2, 0.25) is 0 Å². The predicted molar refractivity (Wildman–Crippen MR) is 67.1 cm³/mol. The summed E-state index contributed by atoms with van der Waals surface area (Å²) >= 11 is 0. The summed E-state index contributed by atoms with van der Waals surface area (Å²) in [4.78, 5) is 0. The van der Waals surface area contributed by atoms with E-state index in [0.29, 0.717) is 0 Å².